The van der Waals surface area contributed by atoms with E-state index in [0.29, 0.717) is 12.2 Å². The first-order chi connectivity index (χ1) is 15.1. The average molecular weight is 435 g/mol. The minimum atomic E-state index is -0.130. The molecule has 1 saturated carbocycles. The lowest BCUT2D eigenvalue weighted by molar-refractivity contribution is 0.0546. The summed E-state index contributed by atoms with van der Waals surface area (Å²) in [6.07, 6.45) is 5.23. The standard InChI is InChI=1S/C25H27ClN4O/c1-27-25(20-9-5-10-21(26)17-20)14-12-22(13-15-25)30(18-19-7-3-2-4-8-19)24(31)23-11-6-16-28-29-23/h2-11,16-17,22,27H,12-15,18H2,1H3. The maximum Gasteiger partial charge on any atom is 0.274 e. The number of nitrogens with one attached hydrogen (secondary N) is 1. The lowest BCUT2D eigenvalue weighted by Crippen LogP contribution is -2.49. The van der Waals surface area contributed by atoms with Gasteiger partial charge in [0.2, 0.25) is 0 Å². The van der Waals surface area contributed by atoms with E-state index in [1.165, 1.54) is 5.56 Å². The Morgan fingerprint density at radius 2 is 1.87 bits per heavy atom. The van der Waals surface area contributed by atoms with Crippen LogP contribution >= 0.6 is 11.6 Å². The Kier molecular flexibility index (Phi) is 6.64. The Morgan fingerprint density at radius 1 is 1.10 bits per heavy atom. The monoisotopic (exact) mass is 434 g/mol. The van der Waals surface area contributed by atoms with Crippen molar-refractivity contribution in [3.63, 3.8) is 0 Å². The van der Waals surface area contributed by atoms with Crippen LogP contribution in [-0.2, 0) is 12.1 Å². The summed E-state index contributed by atoms with van der Waals surface area (Å²) in [4.78, 5) is 15.4. The van der Waals surface area contributed by atoms with Crippen molar-refractivity contribution < 1.29 is 4.79 Å². The number of benzene rings is 2. The number of halogens is 1. The van der Waals surface area contributed by atoms with E-state index in [2.05, 4.69) is 33.7 Å². The second kappa shape index (κ2) is 9.58. The molecule has 0 atom stereocenters. The van der Waals surface area contributed by atoms with Crippen LogP contribution in [0.15, 0.2) is 72.9 Å². The van der Waals surface area contributed by atoms with Crippen LogP contribution in [0.2, 0.25) is 5.02 Å². The maximum atomic E-state index is 13.4. The lowest BCUT2D eigenvalue weighted by Gasteiger charge is -2.44. The zero-order chi connectivity index (χ0) is 21.7. The van der Waals surface area contributed by atoms with Crippen LogP contribution in [0.25, 0.3) is 0 Å². The Balaban J connectivity index is 1.57. The number of aromatic nitrogens is 2. The van der Waals surface area contributed by atoms with Gasteiger partial charge >= 0.3 is 0 Å². The van der Waals surface area contributed by atoms with Crippen molar-refractivity contribution in [2.75, 3.05) is 7.05 Å². The van der Waals surface area contributed by atoms with E-state index >= 15 is 0 Å². The van der Waals surface area contributed by atoms with Gasteiger partial charge in [0, 0.05) is 29.3 Å². The van der Waals surface area contributed by atoms with E-state index in [1.54, 1.807) is 18.3 Å². The summed E-state index contributed by atoms with van der Waals surface area (Å²) in [5, 5.41) is 12.3. The van der Waals surface area contributed by atoms with Crippen molar-refractivity contribution in [1.29, 1.82) is 0 Å². The smallest absolute Gasteiger partial charge is 0.274 e. The number of amides is 1. The fourth-order valence-electron chi connectivity index (χ4n) is 4.59. The molecule has 0 spiro atoms. The van der Waals surface area contributed by atoms with Crippen molar-refractivity contribution in [2.24, 2.45) is 0 Å². The number of hydrogen-bond acceptors (Lipinski definition) is 4. The molecular formula is C25H27ClN4O. The summed E-state index contributed by atoms with van der Waals surface area (Å²) in [5.41, 5.74) is 2.57. The maximum absolute atomic E-state index is 13.4. The van der Waals surface area contributed by atoms with Crippen LogP contribution in [-0.4, -0.2) is 34.1 Å². The molecular weight excluding hydrogens is 408 g/mol. The molecule has 2 aromatic carbocycles. The summed E-state index contributed by atoms with van der Waals surface area (Å²) in [7, 11) is 2.01. The van der Waals surface area contributed by atoms with E-state index < -0.39 is 0 Å². The fourth-order valence-corrected chi connectivity index (χ4v) is 4.78. The number of carbonyl (C=O) groups is 1. The first-order valence-electron chi connectivity index (χ1n) is 10.7. The molecule has 1 aliphatic rings. The Hall–Kier alpha value is -2.76. The SMILES string of the molecule is CNC1(c2cccc(Cl)c2)CCC(N(Cc2ccccc2)C(=O)c2cccnn2)CC1. The van der Waals surface area contributed by atoms with Gasteiger partial charge in [0.25, 0.3) is 5.91 Å². The molecule has 5 nitrogen and oxygen atoms in total. The van der Waals surface area contributed by atoms with Crippen LogP contribution in [0.1, 0.15) is 47.3 Å². The van der Waals surface area contributed by atoms with Gasteiger partial charge in [-0.3, -0.25) is 4.79 Å². The highest BCUT2D eigenvalue weighted by Gasteiger charge is 2.38. The summed E-state index contributed by atoms with van der Waals surface area (Å²) in [6.45, 7) is 0.560. The quantitative estimate of drug-likeness (QED) is 0.603. The van der Waals surface area contributed by atoms with E-state index in [-0.39, 0.29) is 17.5 Å². The van der Waals surface area contributed by atoms with Crippen LogP contribution in [0.4, 0.5) is 0 Å². The van der Waals surface area contributed by atoms with Crippen LogP contribution in [0, 0.1) is 0 Å². The van der Waals surface area contributed by atoms with Crippen LogP contribution < -0.4 is 5.32 Å². The topological polar surface area (TPSA) is 58.1 Å². The first-order valence-corrected chi connectivity index (χ1v) is 11.1. The minimum absolute atomic E-state index is 0.0679. The molecule has 1 aliphatic carbocycles. The van der Waals surface area contributed by atoms with E-state index in [1.807, 2.05) is 48.3 Å². The van der Waals surface area contributed by atoms with Crippen molar-refractivity contribution in [3.8, 4) is 0 Å². The summed E-state index contributed by atoms with van der Waals surface area (Å²) in [5.74, 6) is -0.0679. The molecule has 0 saturated heterocycles. The number of carbonyl (C=O) groups excluding carboxylic acids is 1. The third kappa shape index (κ3) is 4.78. The predicted molar refractivity (Wildman–Crippen MR) is 123 cm³/mol. The molecule has 4 rings (SSSR count). The van der Waals surface area contributed by atoms with Gasteiger partial charge in [-0.15, -0.1) is 5.10 Å². The summed E-state index contributed by atoms with van der Waals surface area (Å²) in [6, 6.07) is 21.8. The minimum Gasteiger partial charge on any atom is -0.330 e. The van der Waals surface area contributed by atoms with Crippen molar-refractivity contribution >= 4 is 17.5 Å². The molecule has 0 unspecified atom stereocenters. The van der Waals surface area contributed by atoms with Gasteiger partial charge in [0.1, 0.15) is 0 Å². The van der Waals surface area contributed by atoms with Crippen molar-refractivity contribution in [2.45, 2.75) is 43.8 Å². The molecule has 6 heteroatoms. The third-order valence-electron chi connectivity index (χ3n) is 6.35. The van der Waals surface area contributed by atoms with Crippen molar-refractivity contribution in [1.82, 2.24) is 20.4 Å². The van der Waals surface area contributed by atoms with Gasteiger partial charge in [-0.05, 0) is 68.1 Å². The predicted octanol–water partition coefficient (Wildman–Crippen LogP) is 4.83. The second-order valence-corrected chi connectivity index (χ2v) is 8.54. The average Bonchev–Trinajstić information content (AvgIpc) is 2.83. The van der Waals surface area contributed by atoms with Gasteiger partial charge in [-0.25, -0.2) is 0 Å². The van der Waals surface area contributed by atoms with Gasteiger partial charge in [-0.1, -0.05) is 54.1 Å². The van der Waals surface area contributed by atoms with Crippen LogP contribution in [0.5, 0.6) is 0 Å². The van der Waals surface area contributed by atoms with Gasteiger partial charge in [-0.2, -0.15) is 5.10 Å². The molecule has 160 valence electrons. The highest BCUT2D eigenvalue weighted by Crippen LogP contribution is 2.39. The first kappa shape index (κ1) is 21.5. The lowest BCUT2D eigenvalue weighted by atomic mass is 9.74. The second-order valence-electron chi connectivity index (χ2n) is 8.10. The van der Waals surface area contributed by atoms with Crippen molar-refractivity contribution in [3.05, 3.63) is 94.8 Å². The zero-order valence-corrected chi connectivity index (χ0v) is 18.4. The Labute approximate surface area is 188 Å². The normalized spacial score (nSPS) is 20.9. The summed E-state index contributed by atoms with van der Waals surface area (Å²) >= 11 is 6.27. The molecule has 0 bridgehead atoms. The molecule has 0 aliphatic heterocycles. The number of hydrogen-bond donors (Lipinski definition) is 1. The van der Waals surface area contributed by atoms with Crippen LogP contribution in [0.3, 0.4) is 0 Å². The molecule has 1 N–H and O–H groups in total. The molecule has 31 heavy (non-hydrogen) atoms. The zero-order valence-electron chi connectivity index (χ0n) is 17.7. The summed E-state index contributed by atoms with van der Waals surface area (Å²) < 4.78 is 0. The van der Waals surface area contributed by atoms with E-state index in [4.69, 9.17) is 11.6 Å². The van der Waals surface area contributed by atoms with Gasteiger partial charge in [0.05, 0.1) is 0 Å². The number of nitrogens with zero attached hydrogens (tertiary/aromatic N) is 3. The fraction of sp³-hybridized carbons (Fsp3) is 0.320. The molecule has 0 radical (unpaired) electrons. The van der Waals surface area contributed by atoms with E-state index in [0.717, 1.165) is 36.3 Å². The highest BCUT2D eigenvalue weighted by molar-refractivity contribution is 6.30. The third-order valence-corrected chi connectivity index (χ3v) is 6.59. The molecule has 1 heterocycles. The van der Waals surface area contributed by atoms with Gasteiger partial charge < -0.3 is 10.2 Å². The number of rotatable bonds is 6. The molecule has 3 aromatic rings. The van der Waals surface area contributed by atoms with E-state index in [9.17, 15) is 4.79 Å². The molecule has 1 fully saturated rings. The highest BCUT2D eigenvalue weighted by atomic mass is 35.5. The largest absolute Gasteiger partial charge is 0.330 e. The molecule has 1 aromatic heterocycles. The Morgan fingerprint density at radius 3 is 2.52 bits per heavy atom. The Bertz CT molecular complexity index is 1000. The van der Waals surface area contributed by atoms with Gasteiger partial charge in [0.15, 0.2) is 5.69 Å². The molecule has 1 amide bonds.